The van der Waals surface area contributed by atoms with E-state index in [1.807, 2.05) is 0 Å². The van der Waals surface area contributed by atoms with Gasteiger partial charge in [0.05, 0.1) is 19.8 Å². The fraction of sp³-hybridized carbons (Fsp3) is 0.625. The van der Waals surface area contributed by atoms with Crippen molar-refractivity contribution in [1.82, 2.24) is 0 Å². The maximum absolute atomic E-state index is 9.80. The highest BCUT2D eigenvalue weighted by Gasteiger charge is 2.29. The number of benzene rings is 1. The molecule has 1 rings (SSSR count). The lowest BCUT2D eigenvalue weighted by atomic mass is 9.77. The summed E-state index contributed by atoms with van der Waals surface area (Å²) in [5.74, 6) is 0. The molecule has 3 N–H and O–H groups in total. The number of aliphatic hydroxyl groups is 1. The van der Waals surface area contributed by atoms with Crippen LogP contribution in [0.15, 0.2) is 24.3 Å². The van der Waals surface area contributed by atoms with Gasteiger partial charge in [-0.25, -0.2) is 0 Å². The highest BCUT2D eigenvalue weighted by atomic mass is 16.5. The molecule has 4 heteroatoms. The van der Waals surface area contributed by atoms with Crippen LogP contribution in [0, 0.1) is 6.92 Å². The van der Waals surface area contributed by atoms with Gasteiger partial charge in [0.2, 0.25) is 0 Å². The minimum absolute atomic E-state index is 0.0602. The van der Waals surface area contributed by atoms with Crippen molar-refractivity contribution in [2.45, 2.75) is 25.2 Å². The number of aliphatic hydroxyl groups excluding tert-OH is 1. The van der Waals surface area contributed by atoms with Crippen molar-refractivity contribution in [2.24, 2.45) is 5.73 Å². The average Bonchev–Trinajstić information content (AvgIpc) is 2.48. The van der Waals surface area contributed by atoms with Crippen LogP contribution in [0.1, 0.15) is 24.0 Å². The Morgan fingerprint density at radius 3 is 2.40 bits per heavy atom. The first-order chi connectivity index (χ1) is 9.68. The highest BCUT2D eigenvalue weighted by molar-refractivity contribution is 5.29. The van der Waals surface area contributed by atoms with Crippen molar-refractivity contribution in [3.05, 3.63) is 35.4 Å². The SMILES string of the molecule is COCCOCCCC(CN)(CO)c1ccc(C)cc1. The smallest absolute Gasteiger partial charge is 0.0700 e. The first-order valence-corrected chi connectivity index (χ1v) is 7.13. The predicted molar refractivity (Wildman–Crippen MR) is 80.9 cm³/mol. The van der Waals surface area contributed by atoms with Crippen molar-refractivity contribution in [1.29, 1.82) is 0 Å². The van der Waals surface area contributed by atoms with Crippen molar-refractivity contribution in [2.75, 3.05) is 40.1 Å². The van der Waals surface area contributed by atoms with Gasteiger partial charge >= 0.3 is 0 Å². The first kappa shape index (κ1) is 17.1. The lowest BCUT2D eigenvalue weighted by Gasteiger charge is -2.31. The maximum atomic E-state index is 9.80. The number of hydrogen-bond acceptors (Lipinski definition) is 4. The largest absolute Gasteiger partial charge is 0.395 e. The molecule has 0 aliphatic heterocycles. The third-order valence-corrected chi connectivity index (χ3v) is 3.73. The molecule has 0 aliphatic carbocycles. The van der Waals surface area contributed by atoms with Crippen LogP contribution in [0.2, 0.25) is 0 Å². The minimum atomic E-state index is -0.363. The summed E-state index contributed by atoms with van der Waals surface area (Å²) in [6.45, 7) is 4.43. The number of rotatable bonds is 10. The molecular weight excluding hydrogens is 254 g/mol. The molecule has 4 nitrogen and oxygen atoms in total. The number of ether oxygens (including phenoxy) is 2. The van der Waals surface area contributed by atoms with Crippen LogP contribution in [0.3, 0.4) is 0 Å². The van der Waals surface area contributed by atoms with Gasteiger partial charge in [-0.3, -0.25) is 0 Å². The summed E-state index contributed by atoms with van der Waals surface area (Å²) in [5.41, 5.74) is 7.88. The third-order valence-electron chi connectivity index (χ3n) is 3.73. The van der Waals surface area contributed by atoms with E-state index < -0.39 is 0 Å². The normalized spacial score (nSPS) is 14.2. The molecule has 1 unspecified atom stereocenters. The molecule has 20 heavy (non-hydrogen) atoms. The van der Waals surface area contributed by atoms with E-state index in [9.17, 15) is 5.11 Å². The fourth-order valence-corrected chi connectivity index (χ4v) is 2.26. The molecule has 0 spiro atoms. The summed E-state index contributed by atoms with van der Waals surface area (Å²) in [6, 6.07) is 8.24. The van der Waals surface area contributed by atoms with E-state index in [4.69, 9.17) is 15.2 Å². The minimum Gasteiger partial charge on any atom is -0.395 e. The van der Waals surface area contributed by atoms with Crippen LogP contribution in [0.25, 0.3) is 0 Å². The maximum Gasteiger partial charge on any atom is 0.0700 e. The lowest BCUT2D eigenvalue weighted by molar-refractivity contribution is 0.0641. The van der Waals surface area contributed by atoms with Gasteiger partial charge in [-0.15, -0.1) is 0 Å². The number of nitrogens with two attached hydrogens (primary N) is 1. The van der Waals surface area contributed by atoms with Crippen LogP contribution in [-0.4, -0.2) is 45.2 Å². The zero-order valence-electron chi connectivity index (χ0n) is 12.6. The van der Waals surface area contributed by atoms with Gasteiger partial charge in [0, 0.05) is 25.7 Å². The second kappa shape index (κ2) is 9.08. The Morgan fingerprint density at radius 1 is 1.15 bits per heavy atom. The fourth-order valence-electron chi connectivity index (χ4n) is 2.26. The van der Waals surface area contributed by atoms with Gasteiger partial charge < -0.3 is 20.3 Å². The summed E-state index contributed by atoms with van der Waals surface area (Å²) in [6.07, 6.45) is 1.69. The zero-order valence-corrected chi connectivity index (χ0v) is 12.6. The van der Waals surface area contributed by atoms with Crippen molar-refractivity contribution in [3.63, 3.8) is 0 Å². The third kappa shape index (κ3) is 4.87. The molecule has 1 atom stereocenters. The Balaban J connectivity index is 2.56. The number of methoxy groups -OCH3 is 1. The van der Waals surface area contributed by atoms with E-state index in [-0.39, 0.29) is 12.0 Å². The van der Waals surface area contributed by atoms with Gasteiger partial charge in [-0.2, -0.15) is 0 Å². The first-order valence-electron chi connectivity index (χ1n) is 7.13. The molecule has 0 saturated heterocycles. The van der Waals surface area contributed by atoms with Crippen LogP contribution in [0.5, 0.6) is 0 Å². The number of aryl methyl sites for hydroxylation is 1. The predicted octanol–water partition coefficient (Wildman–Crippen LogP) is 1.63. The van der Waals surface area contributed by atoms with E-state index >= 15 is 0 Å². The average molecular weight is 281 g/mol. The van der Waals surface area contributed by atoms with Crippen LogP contribution in [-0.2, 0) is 14.9 Å². The Kier molecular flexibility index (Phi) is 7.77. The summed E-state index contributed by atoms with van der Waals surface area (Å²) in [7, 11) is 1.66. The summed E-state index contributed by atoms with van der Waals surface area (Å²) in [4.78, 5) is 0. The molecule has 114 valence electrons. The molecule has 0 radical (unpaired) electrons. The molecule has 1 aromatic rings. The van der Waals surface area contributed by atoms with Crippen molar-refractivity contribution >= 4 is 0 Å². The molecule has 0 aliphatic rings. The van der Waals surface area contributed by atoms with Gasteiger partial charge in [-0.1, -0.05) is 29.8 Å². The second-order valence-corrected chi connectivity index (χ2v) is 5.22. The topological polar surface area (TPSA) is 64.7 Å². The van der Waals surface area contributed by atoms with Crippen molar-refractivity contribution < 1.29 is 14.6 Å². The Hall–Kier alpha value is -0.940. The van der Waals surface area contributed by atoms with Crippen molar-refractivity contribution in [3.8, 4) is 0 Å². The van der Waals surface area contributed by atoms with E-state index in [2.05, 4.69) is 31.2 Å². The Morgan fingerprint density at radius 2 is 1.85 bits per heavy atom. The lowest BCUT2D eigenvalue weighted by Crippen LogP contribution is -2.39. The monoisotopic (exact) mass is 281 g/mol. The molecule has 0 saturated carbocycles. The molecule has 0 amide bonds. The van der Waals surface area contributed by atoms with Crippen LogP contribution < -0.4 is 5.73 Å². The molecular formula is C16H27NO3. The summed E-state index contributed by atoms with van der Waals surface area (Å²) in [5, 5.41) is 9.80. The van der Waals surface area contributed by atoms with Crippen LogP contribution >= 0.6 is 0 Å². The van der Waals surface area contributed by atoms with Crippen LogP contribution in [0.4, 0.5) is 0 Å². The Labute approximate surface area is 121 Å². The molecule has 0 fully saturated rings. The highest BCUT2D eigenvalue weighted by Crippen LogP contribution is 2.28. The van der Waals surface area contributed by atoms with Gasteiger partial charge in [0.25, 0.3) is 0 Å². The standard InChI is InChI=1S/C16H27NO3/c1-14-4-6-15(7-5-14)16(12-17,13-18)8-3-9-20-11-10-19-2/h4-7,18H,3,8-13,17H2,1-2H3. The second-order valence-electron chi connectivity index (χ2n) is 5.22. The zero-order chi connectivity index (χ0) is 14.8. The van der Waals surface area contributed by atoms with E-state index in [1.54, 1.807) is 7.11 Å². The number of hydrogen-bond donors (Lipinski definition) is 2. The molecule has 0 heterocycles. The van der Waals surface area contributed by atoms with Gasteiger partial charge in [-0.05, 0) is 25.3 Å². The van der Waals surface area contributed by atoms with E-state index in [0.29, 0.717) is 26.4 Å². The summed E-state index contributed by atoms with van der Waals surface area (Å²) < 4.78 is 10.4. The quantitative estimate of drug-likeness (QED) is 0.640. The van der Waals surface area contributed by atoms with E-state index in [0.717, 1.165) is 18.4 Å². The van der Waals surface area contributed by atoms with Gasteiger partial charge in [0.15, 0.2) is 0 Å². The Bertz CT molecular complexity index is 360. The van der Waals surface area contributed by atoms with Gasteiger partial charge in [0.1, 0.15) is 0 Å². The summed E-state index contributed by atoms with van der Waals surface area (Å²) >= 11 is 0. The van der Waals surface area contributed by atoms with E-state index in [1.165, 1.54) is 5.56 Å². The molecule has 0 aromatic heterocycles. The molecule has 1 aromatic carbocycles. The molecule has 0 bridgehead atoms.